The number of aromatic nitrogens is 3. The number of aryl methyl sites for hydroxylation is 1. The lowest BCUT2D eigenvalue weighted by atomic mass is 10.0. The molecule has 0 radical (unpaired) electrons. The Labute approximate surface area is 267 Å². The highest BCUT2D eigenvalue weighted by molar-refractivity contribution is 6.30. The van der Waals surface area contributed by atoms with E-state index in [1.54, 1.807) is 47.6 Å². The van der Waals surface area contributed by atoms with Gasteiger partial charge in [0.15, 0.2) is 16.7 Å². The van der Waals surface area contributed by atoms with Gasteiger partial charge in [0, 0.05) is 67.4 Å². The molecule has 0 bridgehead atoms. The first kappa shape index (κ1) is 32.0. The van der Waals surface area contributed by atoms with Crippen LogP contribution in [0, 0.1) is 18.7 Å². The molecule has 9 nitrogen and oxygen atoms in total. The van der Waals surface area contributed by atoms with E-state index < -0.39 is 11.9 Å². The molecule has 2 atom stereocenters. The van der Waals surface area contributed by atoms with Gasteiger partial charge in [-0.25, -0.2) is 19.3 Å². The Morgan fingerprint density at radius 2 is 1.76 bits per heavy atom. The monoisotopic (exact) mass is 630 g/mol. The number of hydrogen-bond acceptors (Lipinski definition) is 7. The number of piperazine rings is 1. The van der Waals surface area contributed by atoms with Crippen molar-refractivity contribution in [2.24, 2.45) is 5.92 Å². The lowest BCUT2D eigenvalue weighted by Gasteiger charge is -2.45. The zero-order chi connectivity index (χ0) is 32.1. The summed E-state index contributed by atoms with van der Waals surface area (Å²) >= 11 is 6.29. The normalized spacial score (nSPS) is 16.9. The van der Waals surface area contributed by atoms with Crippen LogP contribution in [0.15, 0.2) is 73.1 Å². The van der Waals surface area contributed by atoms with Gasteiger partial charge in [-0.2, -0.15) is 0 Å². The molecule has 2 aromatic carbocycles. The van der Waals surface area contributed by atoms with E-state index in [0.717, 1.165) is 16.8 Å². The van der Waals surface area contributed by atoms with Gasteiger partial charge in [-0.3, -0.25) is 14.5 Å². The molecule has 2 aromatic heterocycles. The number of pyridine rings is 1. The maximum Gasteiger partial charge on any atom is 0.244 e. The first-order chi connectivity index (χ1) is 21.6. The lowest BCUT2D eigenvalue weighted by molar-refractivity contribution is -0.150. The standard InChI is InChI=1S/C34H36ClFN6O3/c1-21(2)34(44)42-23(4)18-41(19-26-27(36)7-5-8-29(26)45-30-14-9-22(3)40-31(30)35)20-28(42)33(43)39-17-24-10-12-25(13-11-24)32-37-15-6-16-38-32/h5-16,21,23,28H,17-20H2,1-4H3,(H,39,43)/t23-,28-/m1/s1. The summed E-state index contributed by atoms with van der Waals surface area (Å²) in [5.74, 6) is 0.125. The van der Waals surface area contributed by atoms with Crippen LogP contribution >= 0.6 is 11.6 Å². The van der Waals surface area contributed by atoms with Crippen LogP contribution in [0.3, 0.4) is 0 Å². The molecule has 2 amide bonds. The lowest BCUT2D eigenvalue weighted by Crippen LogP contribution is -2.64. The molecule has 0 saturated carbocycles. The Kier molecular flexibility index (Phi) is 10.0. The van der Waals surface area contributed by atoms with Gasteiger partial charge in [-0.05, 0) is 49.7 Å². The van der Waals surface area contributed by atoms with Crippen LogP contribution < -0.4 is 10.1 Å². The molecule has 234 valence electrons. The van der Waals surface area contributed by atoms with Gasteiger partial charge in [0.1, 0.15) is 17.6 Å². The molecule has 11 heteroatoms. The Morgan fingerprint density at radius 1 is 1.02 bits per heavy atom. The van der Waals surface area contributed by atoms with Crippen LogP contribution in [0.2, 0.25) is 5.15 Å². The average molecular weight is 631 g/mol. The van der Waals surface area contributed by atoms with Gasteiger partial charge in [0.25, 0.3) is 0 Å². The molecular weight excluding hydrogens is 595 g/mol. The van der Waals surface area contributed by atoms with Crippen molar-refractivity contribution in [1.82, 2.24) is 30.1 Å². The summed E-state index contributed by atoms with van der Waals surface area (Å²) in [5.41, 5.74) is 2.82. The van der Waals surface area contributed by atoms with Crippen molar-refractivity contribution in [3.8, 4) is 22.9 Å². The van der Waals surface area contributed by atoms with E-state index in [2.05, 4.69) is 20.3 Å². The molecule has 1 aliphatic heterocycles. The van der Waals surface area contributed by atoms with Gasteiger partial charge in [-0.15, -0.1) is 0 Å². The second-order valence-electron chi connectivity index (χ2n) is 11.5. The second kappa shape index (κ2) is 14.1. The van der Waals surface area contributed by atoms with Gasteiger partial charge in [0.2, 0.25) is 11.8 Å². The van der Waals surface area contributed by atoms with Gasteiger partial charge >= 0.3 is 0 Å². The molecule has 4 aromatic rings. The minimum Gasteiger partial charge on any atom is -0.454 e. The Hall–Kier alpha value is -4.41. The van der Waals surface area contributed by atoms with Crippen molar-refractivity contribution in [3.63, 3.8) is 0 Å². The van der Waals surface area contributed by atoms with E-state index in [4.69, 9.17) is 16.3 Å². The van der Waals surface area contributed by atoms with Gasteiger partial charge in [-0.1, -0.05) is 55.8 Å². The van der Waals surface area contributed by atoms with Gasteiger partial charge < -0.3 is 15.0 Å². The molecule has 1 N–H and O–H groups in total. The van der Waals surface area contributed by atoms with E-state index in [1.807, 2.05) is 56.9 Å². The quantitative estimate of drug-likeness (QED) is 0.233. The summed E-state index contributed by atoms with van der Waals surface area (Å²) < 4.78 is 21.3. The second-order valence-corrected chi connectivity index (χ2v) is 11.9. The molecule has 5 rings (SSSR count). The van der Waals surface area contributed by atoms with Crippen molar-refractivity contribution in [1.29, 1.82) is 0 Å². The molecule has 0 unspecified atom stereocenters. The Morgan fingerprint density at radius 3 is 2.44 bits per heavy atom. The number of nitrogens with zero attached hydrogens (tertiary/aromatic N) is 5. The number of hydrogen-bond donors (Lipinski definition) is 1. The highest BCUT2D eigenvalue weighted by atomic mass is 35.5. The number of carbonyl (C=O) groups is 2. The van der Waals surface area contributed by atoms with E-state index in [-0.39, 0.29) is 48.6 Å². The summed E-state index contributed by atoms with van der Waals surface area (Å²) in [6.07, 6.45) is 3.37. The highest BCUT2D eigenvalue weighted by Crippen LogP contribution is 2.33. The number of halogens is 2. The predicted octanol–water partition coefficient (Wildman–Crippen LogP) is 5.81. The van der Waals surface area contributed by atoms with E-state index in [1.165, 1.54) is 6.07 Å². The van der Waals surface area contributed by atoms with E-state index in [0.29, 0.717) is 29.4 Å². The molecule has 1 saturated heterocycles. The molecule has 0 spiro atoms. The summed E-state index contributed by atoms with van der Waals surface area (Å²) in [4.78, 5) is 43.4. The maximum absolute atomic E-state index is 15.3. The number of carbonyl (C=O) groups excluding carboxylic acids is 2. The molecule has 45 heavy (non-hydrogen) atoms. The van der Waals surface area contributed by atoms with Crippen molar-refractivity contribution in [2.75, 3.05) is 13.1 Å². The fourth-order valence-corrected chi connectivity index (χ4v) is 5.66. The van der Waals surface area contributed by atoms with E-state index >= 15 is 4.39 Å². The Bertz CT molecular complexity index is 1650. The maximum atomic E-state index is 15.3. The minimum absolute atomic E-state index is 0.106. The van der Waals surface area contributed by atoms with Crippen molar-refractivity contribution in [2.45, 2.75) is 52.9 Å². The topological polar surface area (TPSA) is 101 Å². The van der Waals surface area contributed by atoms with Crippen LogP contribution in [0.1, 0.15) is 37.6 Å². The van der Waals surface area contributed by atoms with Crippen LogP contribution in [0.4, 0.5) is 4.39 Å². The van der Waals surface area contributed by atoms with Crippen molar-refractivity contribution >= 4 is 23.4 Å². The fraction of sp³-hybridized carbons (Fsp3) is 0.324. The van der Waals surface area contributed by atoms with E-state index in [9.17, 15) is 9.59 Å². The third-order valence-corrected chi connectivity index (χ3v) is 7.96. The van der Waals surface area contributed by atoms with Crippen molar-refractivity contribution in [3.05, 3.63) is 101 Å². The molecule has 1 fully saturated rings. The Balaban J connectivity index is 1.33. The number of nitrogens with one attached hydrogen (secondary N) is 1. The number of amides is 2. The number of ether oxygens (including phenoxy) is 1. The third kappa shape index (κ3) is 7.64. The first-order valence-electron chi connectivity index (χ1n) is 14.9. The third-order valence-electron chi connectivity index (χ3n) is 7.69. The summed E-state index contributed by atoms with van der Waals surface area (Å²) in [7, 11) is 0. The predicted molar refractivity (Wildman–Crippen MR) is 170 cm³/mol. The largest absolute Gasteiger partial charge is 0.454 e. The van der Waals surface area contributed by atoms with Crippen LogP contribution in [-0.2, 0) is 22.7 Å². The average Bonchev–Trinajstić information content (AvgIpc) is 3.03. The zero-order valence-electron chi connectivity index (χ0n) is 25.7. The minimum atomic E-state index is -0.771. The number of rotatable bonds is 9. The van der Waals surface area contributed by atoms with Crippen molar-refractivity contribution < 1.29 is 18.7 Å². The highest BCUT2D eigenvalue weighted by Gasteiger charge is 2.40. The van der Waals surface area contributed by atoms with Crippen LogP contribution in [-0.4, -0.2) is 61.7 Å². The summed E-state index contributed by atoms with van der Waals surface area (Å²) in [6.45, 7) is 8.49. The zero-order valence-corrected chi connectivity index (χ0v) is 26.5. The first-order valence-corrected chi connectivity index (χ1v) is 15.3. The smallest absolute Gasteiger partial charge is 0.244 e. The van der Waals surface area contributed by atoms with Gasteiger partial charge in [0.05, 0.1) is 0 Å². The molecule has 1 aliphatic rings. The van der Waals surface area contributed by atoms with Crippen LogP contribution in [0.25, 0.3) is 11.4 Å². The summed E-state index contributed by atoms with van der Waals surface area (Å²) in [6, 6.07) is 16.4. The molecule has 3 heterocycles. The number of benzene rings is 2. The fourth-order valence-electron chi connectivity index (χ4n) is 5.43. The molecule has 0 aliphatic carbocycles. The molecular formula is C34H36ClFN6O3. The summed E-state index contributed by atoms with van der Waals surface area (Å²) in [5, 5.41) is 3.19. The van der Waals surface area contributed by atoms with Crippen LogP contribution in [0.5, 0.6) is 11.5 Å². The SMILES string of the molecule is Cc1ccc(Oc2cccc(F)c2CN2C[C@@H](C)N(C(=O)C(C)C)[C@@H](C(=O)NCc3ccc(-c4ncccn4)cc3)C2)c(Cl)n1.